The Morgan fingerprint density at radius 3 is 2.60 bits per heavy atom. The van der Waals surface area contributed by atoms with E-state index in [1.54, 1.807) is 24.3 Å². The molecular weight excluding hydrogens is 450 g/mol. The highest BCUT2D eigenvalue weighted by atomic mass is 16.5. The summed E-state index contributed by atoms with van der Waals surface area (Å²) in [4.78, 5) is 42.2. The summed E-state index contributed by atoms with van der Waals surface area (Å²) in [6, 6.07) is 5.72. The molecule has 3 N–H and O–H groups in total. The van der Waals surface area contributed by atoms with E-state index in [0.29, 0.717) is 43.9 Å². The van der Waals surface area contributed by atoms with E-state index in [1.165, 1.54) is 4.90 Å². The van der Waals surface area contributed by atoms with Gasteiger partial charge in [0.25, 0.3) is 0 Å². The molecule has 3 fully saturated rings. The molecule has 1 spiro atoms. The maximum atomic E-state index is 13.8. The number of nitrogens with one attached hydrogen (secondary N) is 2. The van der Waals surface area contributed by atoms with Crippen molar-refractivity contribution in [3.63, 3.8) is 0 Å². The monoisotopic (exact) mass is 487 g/mol. The Morgan fingerprint density at radius 1 is 1.23 bits per heavy atom. The second kappa shape index (κ2) is 10.5. The summed E-state index contributed by atoms with van der Waals surface area (Å²) in [6.07, 6.45) is 2.97. The van der Waals surface area contributed by atoms with E-state index in [1.807, 2.05) is 20.8 Å². The van der Waals surface area contributed by atoms with Gasteiger partial charge in [-0.05, 0) is 56.9 Å². The number of hydrogen-bond acceptors (Lipinski definition) is 6. The molecule has 192 valence electrons. The lowest BCUT2D eigenvalue weighted by atomic mass is 9.70. The number of benzene rings is 1. The van der Waals surface area contributed by atoms with E-state index in [4.69, 9.17) is 9.47 Å². The number of nitrogens with zero attached hydrogens (tertiary/aromatic N) is 1. The molecule has 0 aromatic heterocycles. The number of aliphatic hydroxyl groups is 1. The number of unbranched alkanes of at least 4 members (excludes halogenated alkanes) is 1. The smallest absolute Gasteiger partial charge is 0.245 e. The van der Waals surface area contributed by atoms with Crippen LogP contribution in [0.4, 0.5) is 5.69 Å². The van der Waals surface area contributed by atoms with Crippen molar-refractivity contribution < 1.29 is 29.0 Å². The fourth-order valence-electron chi connectivity index (χ4n) is 6.01. The lowest BCUT2D eigenvalue weighted by Crippen LogP contribution is -2.58. The van der Waals surface area contributed by atoms with E-state index in [2.05, 4.69) is 10.6 Å². The molecule has 4 rings (SSSR count). The van der Waals surface area contributed by atoms with E-state index in [9.17, 15) is 19.5 Å². The van der Waals surface area contributed by atoms with E-state index >= 15 is 0 Å². The van der Waals surface area contributed by atoms with Gasteiger partial charge in [0.1, 0.15) is 17.4 Å². The molecule has 9 heteroatoms. The zero-order valence-corrected chi connectivity index (χ0v) is 20.8. The van der Waals surface area contributed by atoms with Crippen LogP contribution in [0.5, 0.6) is 5.75 Å². The Balaban J connectivity index is 1.61. The number of ether oxygens (including phenoxy) is 2. The lowest BCUT2D eigenvalue weighted by molar-refractivity contribution is -0.145. The standard InChI is InChI=1S/C26H37N3O6/c1-4-7-14-27-24(32)22-26-13-12-19(35-26)20(21(26)25(33)29(22)17(5-2)15-30)23(31)28-16-8-10-18(11-9-16)34-6-3/h8-11,17,19-22,30H,4-7,12-15H2,1-3H3,(H,27,32)(H,28,31)/t17-,19-,20+,21-,22?,26?/m0/s1. The van der Waals surface area contributed by atoms with Crippen LogP contribution in [0.3, 0.4) is 0 Å². The number of rotatable bonds is 11. The van der Waals surface area contributed by atoms with Crippen molar-refractivity contribution in [1.82, 2.24) is 10.2 Å². The Kier molecular flexibility index (Phi) is 7.66. The minimum atomic E-state index is -1.05. The third kappa shape index (κ3) is 4.40. The highest BCUT2D eigenvalue weighted by Crippen LogP contribution is 2.59. The molecule has 6 atom stereocenters. The summed E-state index contributed by atoms with van der Waals surface area (Å²) in [6.45, 7) is 6.63. The van der Waals surface area contributed by atoms with Gasteiger partial charge in [-0.25, -0.2) is 0 Å². The SMILES string of the molecule is CCCCNC(=O)C1N([C@@H](CC)CO)C(=O)[C@@H]2[C@H](C(=O)Nc3ccc(OCC)cc3)[C@@H]3CCC12O3. The van der Waals surface area contributed by atoms with Crippen LogP contribution in [0.1, 0.15) is 52.9 Å². The minimum absolute atomic E-state index is 0.254. The van der Waals surface area contributed by atoms with Crippen molar-refractivity contribution in [2.45, 2.75) is 76.7 Å². The zero-order valence-electron chi connectivity index (χ0n) is 20.8. The number of anilines is 1. The van der Waals surface area contributed by atoms with Crippen molar-refractivity contribution >= 4 is 23.4 Å². The Labute approximate surface area is 206 Å². The summed E-state index contributed by atoms with van der Waals surface area (Å²) in [7, 11) is 0. The molecule has 1 aromatic carbocycles. The molecule has 3 heterocycles. The predicted molar refractivity (Wildman–Crippen MR) is 130 cm³/mol. The highest BCUT2D eigenvalue weighted by molar-refractivity contribution is 6.02. The van der Waals surface area contributed by atoms with Gasteiger partial charge in [0.15, 0.2) is 0 Å². The van der Waals surface area contributed by atoms with Crippen molar-refractivity contribution in [3.8, 4) is 5.75 Å². The average Bonchev–Trinajstić information content (AvgIpc) is 3.49. The number of likely N-dealkylation sites (tertiary alicyclic amines) is 1. The average molecular weight is 488 g/mol. The maximum absolute atomic E-state index is 13.8. The fourth-order valence-corrected chi connectivity index (χ4v) is 6.01. The summed E-state index contributed by atoms with van der Waals surface area (Å²) < 4.78 is 11.9. The Bertz CT molecular complexity index is 934. The molecule has 1 aromatic rings. The van der Waals surface area contributed by atoms with Gasteiger partial charge in [0.2, 0.25) is 17.7 Å². The highest BCUT2D eigenvalue weighted by Gasteiger charge is 2.74. The van der Waals surface area contributed by atoms with Gasteiger partial charge in [-0.2, -0.15) is 0 Å². The molecule has 2 bridgehead atoms. The largest absolute Gasteiger partial charge is 0.494 e. The second-order valence-electron chi connectivity index (χ2n) is 9.64. The number of amides is 3. The molecule has 0 radical (unpaired) electrons. The van der Waals surface area contributed by atoms with E-state index in [-0.39, 0.29) is 24.3 Å². The second-order valence-corrected chi connectivity index (χ2v) is 9.64. The van der Waals surface area contributed by atoms with Gasteiger partial charge in [-0.1, -0.05) is 20.3 Å². The molecule has 3 aliphatic heterocycles. The number of carbonyl (C=O) groups excluding carboxylic acids is 3. The first-order chi connectivity index (χ1) is 16.9. The molecule has 0 saturated carbocycles. The van der Waals surface area contributed by atoms with Crippen LogP contribution in [0.25, 0.3) is 0 Å². The van der Waals surface area contributed by atoms with Crippen molar-refractivity contribution in [2.24, 2.45) is 11.8 Å². The van der Waals surface area contributed by atoms with Crippen LogP contribution in [0, 0.1) is 11.8 Å². The van der Waals surface area contributed by atoms with Gasteiger partial charge >= 0.3 is 0 Å². The maximum Gasteiger partial charge on any atom is 0.245 e. The van der Waals surface area contributed by atoms with Crippen molar-refractivity contribution in [2.75, 3.05) is 25.1 Å². The lowest BCUT2D eigenvalue weighted by Gasteiger charge is -2.36. The first kappa shape index (κ1) is 25.4. The number of fused-ring (bicyclic) bond motifs is 1. The summed E-state index contributed by atoms with van der Waals surface area (Å²) in [5.74, 6) is -1.59. The topological polar surface area (TPSA) is 117 Å². The van der Waals surface area contributed by atoms with Crippen LogP contribution in [0.2, 0.25) is 0 Å². The minimum Gasteiger partial charge on any atom is -0.494 e. The molecule has 3 saturated heterocycles. The van der Waals surface area contributed by atoms with Gasteiger partial charge in [-0.3, -0.25) is 14.4 Å². The Hall–Kier alpha value is -2.65. The summed E-state index contributed by atoms with van der Waals surface area (Å²) >= 11 is 0. The molecule has 2 unspecified atom stereocenters. The first-order valence-corrected chi connectivity index (χ1v) is 12.8. The fraction of sp³-hybridized carbons (Fsp3) is 0.654. The van der Waals surface area contributed by atoms with Gasteiger partial charge in [0, 0.05) is 12.2 Å². The van der Waals surface area contributed by atoms with Crippen LogP contribution in [-0.2, 0) is 19.1 Å². The molecular formula is C26H37N3O6. The quantitative estimate of drug-likeness (QED) is 0.412. The number of aliphatic hydroxyl groups excluding tert-OH is 1. The van der Waals surface area contributed by atoms with E-state index in [0.717, 1.165) is 12.8 Å². The van der Waals surface area contributed by atoms with Crippen molar-refractivity contribution in [3.05, 3.63) is 24.3 Å². The normalized spacial score (nSPS) is 29.7. The van der Waals surface area contributed by atoms with Gasteiger partial charge < -0.3 is 30.1 Å². The third-order valence-electron chi connectivity index (χ3n) is 7.63. The first-order valence-electron chi connectivity index (χ1n) is 12.8. The number of carbonyl (C=O) groups is 3. The van der Waals surface area contributed by atoms with Crippen molar-refractivity contribution in [1.29, 1.82) is 0 Å². The number of hydrogen-bond donors (Lipinski definition) is 3. The molecule has 9 nitrogen and oxygen atoms in total. The third-order valence-corrected chi connectivity index (χ3v) is 7.63. The molecule has 0 aliphatic carbocycles. The molecule has 3 amide bonds. The summed E-state index contributed by atoms with van der Waals surface area (Å²) in [5.41, 5.74) is -0.449. The summed E-state index contributed by atoms with van der Waals surface area (Å²) in [5, 5.41) is 15.9. The van der Waals surface area contributed by atoms with E-state index < -0.39 is 35.6 Å². The predicted octanol–water partition coefficient (Wildman–Crippen LogP) is 2.09. The Morgan fingerprint density at radius 2 is 1.97 bits per heavy atom. The van der Waals surface area contributed by atoms with Crippen LogP contribution in [-0.4, -0.2) is 71.3 Å². The van der Waals surface area contributed by atoms with Gasteiger partial charge in [-0.15, -0.1) is 0 Å². The van der Waals surface area contributed by atoms with Gasteiger partial charge in [0.05, 0.1) is 37.2 Å². The van der Waals surface area contributed by atoms with Crippen LogP contribution >= 0.6 is 0 Å². The molecule has 3 aliphatic rings. The molecule has 35 heavy (non-hydrogen) atoms. The van der Waals surface area contributed by atoms with Crippen LogP contribution in [0.15, 0.2) is 24.3 Å². The van der Waals surface area contributed by atoms with Crippen LogP contribution < -0.4 is 15.4 Å². The zero-order chi connectivity index (χ0) is 25.2.